The first kappa shape index (κ1) is 26.1. The van der Waals surface area contributed by atoms with Crippen LogP contribution in [0.4, 0.5) is 0 Å². The summed E-state index contributed by atoms with van der Waals surface area (Å²) < 4.78 is 9.04. The van der Waals surface area contributed by atoms with E-state index in [0.717, 1.165) is 50.7 Å². The molecule has 1 aromatic heterocycles. The van der Waals surface area contributed by atoms with E-state index >= 15 is 0 Å². The van der Waals surface area contributed by atoms with Crippen LogP contribution in [0.1, 0.15) is 22.3 Å². The molecule has 7 aromatic carbocycles. The first-order valence-corrected chi connectivity index (χ1v) is 16.1. The summed E-state index contributed by atoms with van der Waals surface area (Å²) >= 11 is 0. The summed E-state index contributed by atoms with van der Waals surface area (Å²) in [6.45, 7) is 0. The molecule has 0 saturated heterocycles. The van der Waals surface area contributed by atoms with Crippen LogP contribution < -0.4 is 4.74 Å². The number of rotatable bonds is 3. The molecule has 2 heterocycles. The van der Waals surface area contributed by atoms with Crippen molar-refractivity contribution >= 4 is 11.0 Å². The first-order chi connectivity index (χ1) is 23.3. The Balaban J connectivity index is 1.17. The normalized spacial score (nSPS) is 13.4. The van der Waals surface area contributed by atoms with Crippen molar-refractivity contribution in [1.29, 1.82) is 0 Å². The van der Waals surface area contributed by atoms with Crippen molar-refractivity contribution in [3.05, 3.63) is 192 Å². The fraction of sp³-hybridized carbons (Fsp3) is 0.0227. The Kier molecular flexibility index (Phi) is 5.49. The van der Waals surface area contributed by atoms with Crippen LogP contribution in [0.25, 0.3) is 50.4 Å². The summed E-state index contributed by atoms with van der Waals surface area (Å²) in [5, 5.41) is 0. The van der Waals surface area contributed by atoms with Gasteiger partial charge in [-0.3, -0.25) is 4.57 Å². The molecule has 3 heteroatoms. The summed E-state index contributed by atoms with van der Waals surface area (Å²) in [6.07, 6.45) is 0. The van der Waals surface area contributed by atoms with Crippen molar-refractivity contribution in [2.75, 3.05) is 0 Å². The van der Waals surface area contributed by atoms with E-state index in [9.17, 15) is 0 Å². The first-order valence-electron chi connectivity index (χ1n) is 16.1. The smallest absolute Gasteiger partial charge is 0.145 e. The van der Waals surface area contributed by atoms with Gasteiger partial charge < -0.3 is 4.74 Å². The van der Waals surface area contributed by atoms with E-state index in [4.69, 9.17) is 9.72 Å². The molecule has 1 aliphatic carbocycles. The lowest BCUT2D eigenvalue weighted by molar-refractivity contribution is 0.436. The van der Waals surface area contributed by atoms with Gasteiger partial charge in [-0.1, -0.05) is 133 Å². The van der Waals surface area contributed by atoms with Crippen LogP contribution in [0.2, 0.25) is 0 Å². The lowest BCUT2D eigenvalue weighted by Crippen LogP contribution is -2.32. The molecule has 0 saturated carbocycles. The second-order valence-electron chi connectivity index (χ2n) is 12.3. The SMILES string of the molecule is c1ccc(-c2nc3ccccc3n2-c2cccc(-c3ccc4c(c3)Oc3ccccc3C43c4ccccc4-c4ccccc43)c2)cc1. The largest absolute Gasteiger partial charge is 0.457 e. The highest BCUT2D eigenvalue weighted by atomic mass is 16.5. The zero-order valence-corrected chi connectivity index (χ0v) is 25.5. The zero-order valence-electron chi connectivity index (χ0n) is 25.5. The minimum absolute atomic E-state index is 0.460. The van der Waals surface area contributed by atoms with Crippen LogP contribution in [0.15, 0.2) is 170 Å². The highest BCUT2D eigenvalue weighted by Gasteiger charge is 2.50. The Labute approximate surface area is 273 Å². The van der Waals surface area contributed by atoms with E-state index in [1.54, 1.807) is 0 Å². The second-order valence-corrected chi connectivity index (χ2v) is 12.3. The Morgan fingerprint density at radius 1 is 0.447 bits per heavy atom. The third-order valence-corrected chi connectivity index (χ3v) is 9.88. The van der Waals surface area contributed by atoms with Gasteiger partial charge >= 0.3 is 0 Å². The maximum atomic E-state index is 6.78. The maximum Gasteiger partial charge on any atom is 0.145 e. The van der Waals surface area contributed by atoms with Gasteiger partial charge in [-0.15, -0.1) is 0 Å². The van der Waals surface area contributed by atoms with Crippen molar-refractivity contribution in [3.8, 4) is 50.8 Å². The van der Waals surface area contributed by atoms with Gasteiger partial charge in [0.25, 0.3) is 0 Å². The highest BCUT2D eigenvalue weighted by Crippen LogP contribution is 2.62. The third kappa shape index (κ3) is 3.65. The lowest BCUT2D eigenvalue weighted by atomic mass is 9.66. The standard InChI is InChI=1S/C44H28N2O/c1-2-13-29(14-3-1)43-45-39-22-9-10-23-40(39)46(43)32-16-12-15-30(27-32)31-25-26-38-42(28-31)47-41-24-11-8-21-37(41)44(38)35-19-6-4-17-33(35)34-18-5-7-20-36(34)44/h1-28H. The quantitative estimate of drug-likeness (QED) is 0.202. The van der Waals surface area contributed by atoms with Crippen molar-refractivity contribution in [1.82, 2.24) is 9.55 Å². The van der Waals surface area contributed by atoms with Crippen LogP contribution in [-0.4, -0.2) is 9.55 Å². The number of para-hydroxylation sites is 3. The van der Waals surface area contributed by atoms with Crippen molar-refractivity contribution in [3.63, 3.8) is 0 Å². The van der Waals surface area contributed by atoms with Crippen LogP contribution >= 0.6 is 0 Å². The van der Waals surface area contributed by atoms with Gasteiger partial charge in [0.15, 0.2) is 0 Å². The van der Waals surface area contributed by atoms with E-state index in [1.165, 1.54) is 33.4 Å². The molecule has 8 aromatic rings. The Morgan fingerprint density at radius 3 is 1.87 bits per heavy atom. The van der Waals surface area contributed by atoms with Gasteiger partial charge in [0.2, 0.25) is 0 Å². The molecule has 1 spiro atoms. The number of fused-ring (bicyclic) bond motifs is 10. The number of ether oxygens (including phenoxy) is 1. The monoisotopic (exact) mass is 600 g/mol. The van der Waals surface area contributed by atoms with Crippen molar-refractivity contribution in [2.45, 2.75) is 5.41 Å². The molecule has 0 amide bonds. The molecule has 0 unspecified atom stereocenters. The predicted octanol–water partition coefficient (Wildman–Crippen LogP) is 10.8. The maximum absolute atomic E-state index is 6.78. The number of hydrogen-bond donors (Lipinski definition) is 0. The number of nitrogens with zero attached hydrogens (tertiary/aromatic N) is 2. The molecular formula is C44H28N2O. The van der Waals surface area contributed by atoms with Gasteiger partial charge in [0, 0.05) is 22.4 Å². The Bertz CT molecular complexity index is 2460. The molecular weight excluding hydrogens is 572 g/mol. The molecule has 0 fully saturated rings. The molecule has 0 N–H and O–H groups in total. The predicted molar refractivity (Wildman–Crippen MR) is 189 cm³/mol. The molecule has 0 atom stereocenters. The summed E-state index contributed by atoms with van der Waals surface area (Å²) in [6, 6.07) is 60.5. The summed E-state index contributed by atoms with van der Waals surface area (Å²) in [5.74, 6) is 2.71. The van der Waals surface area contributed by atoms with Gasteiger partial charge in [-0.25, -0.2) is 4.98 Å². The minimum atomic E-state index is -0.460. The highest BCUT2D eigenvalue weighted by molar-refractivity contribution is 5.89. The zero-order chi connectivity index (χ0) is 31.0. The van der Waals surface area contributed by atoms with Crippen LogP contribution in [0, 0.1) is 0 Å². The Hall–Kier alpha value is -6.19. The van der Waals surface area contributed by atoms with E-state index in [1.807, 2.05) is 12.1 Å². The van der Waals surface area contributed by atoms with E-state index in [-0.39, 0.29) is 0 Å². The molecule has 2 aliphatic rings. The van der Waals surface area contributed by atoms with Crippen molar-refractivity contribution in [2.24, 2.45) is 0 Å². The van der Waals surface area contributed by atoms with Gasteiger partial charge in [-0.05, 0) is 69.8 Å². The summed E-state index contributed by atoms with van der Waals surface area (Å²) in [7, 11) is 0. The fourth-order valence-corrected chi connectivity index (χ4v) is 7.93. The molecule has 3 nitrogen and oxygen atoms in total. The average molecular weight is 601 g/mol. The topological polar surface area (TPSA) is 27.1 Å². The Morgan fingerprint density at radius 2 is 1.06 bits per heavy atom. The number of aromatic nitrogens is 2. The van der Waals surface area contributed by atoms with E-state index < -0.39 is 5.41 Å². The third-order valence-electron chi connectivity index (χ3n) is 9.88. The molecule has 220 valence electrons. The summed E-state index contributed by atoms with van der Waals surface area (Å²) in [5.41, 5.74) is 13.5. The average Bonchev–Trinajstić information content (AvgIpc) is 3.67. The van der Waals surface area contributed by atoms with Crippen LogP contribution in [0.5, 0.6) is 11.5 Å². The van der Waals surface area contributed by atoms with Gasteiger partial charge in [-0.2, -0.15) is 0 Å². The summed E-state index contributed by atoms with van der Waals surface area (Å²) in [4.78, 5) is 5.06. The van der Waals surface area contributed by atoms with Crippen LogP contribution in [0.3, 0.4) is 0 Å². The molecule has 1 aliphatic heterocycles. The van der Waals surface area contributed by atoms with Gasteiger partial charge in [0.1, 0.15) is 17.3 Å². The van der Waals surface area contributed by atoms with E-state index in [2.05, 4.69) is 162 Å². The van der Waals surface area contributed by atoms with Gasteiger partial charge in [0.05, 0.1) is 16.4 Å². The number of benzene rings is 7. The molecule has 0 bridgehead atoms. The minimum Gasteiger partial charge on any atom is -0.457 e. The van der Waals surface area contributed by atoms with Crippen molar-refractivity contribution < 1.29 is 4.74 Å². The number of hydrogen-bond acceptors (Lipinski definition) is 2. The molecule has 10 rings (SSSR count). The number of imidazole rings is 1. The van der Waals surface area contributed by atoms with E-state index in [0.29, 0.717) is 0 Å². The molecule has 47 heavy (non-hydrogen) atoms. The lowest BCUT2D eigenvalue weighted by Gasteiger charge is -2.39. The second kappa shape index (κ2) is 9.90. The molecule has 0 radical (unpaired) electrons. The fourth-order valence-electron chi connectivity index (χ4n) is 7.93. The van der Waals surface area contributed by atoms with Crippen LogP contribution in [-0.2, 0) is 5.41 Å².